The van der Waals surface area contributed by atoms with Gasteiger partial charge in [-0.25, -0.2) is 16.8 Å². The Balaban J connectivity index is 1.79. The maximum Gasteiger partial charge on any atom is 0.183 e. The Morgan fingerprint density at radius 3 is 2.24 bits per heavy atom. The number of sulfone groups is 2. The Labute approximate surface area is 175 Å². The van der Waals surface area contributed by atoms with Gasteiger partial charge in [-0.2, -0.15) is 0 Å². The molecule has 1 aromatic rings. The quantitative estimate of drug-likeness (QED) is 0.697. The molecule has 3 rings (SSSR count). The lowest BCUT2D eigenvalue weighted by atomic mass is 10.0. The van der Waals surface area contributed by atoms with Gasteiger partial charge in [-0.15, -0.1) is 0 Å². The molecule has 8 heteroatoms. The zero-order valence-corrected chi connectivity index (χ0v) is 19.5. The first kappa shape index (κ1) is 22.7. The highest BCUT2D eigenvalue weighted by molar-refractivity contribution is 7.96. The van der Waals surface area contributed by atoms with E-state index in [0.29, 0.717) is 12.5 Å². The average Bonchev–Trinajstić information content (AvgIpc) is 3.28. The second kappa shape index (κ2) is 8.29. The molecule has 2 heterocycles. The van der Waals surface area contributed by atoms with Crippen LogP contribution in [0.25, 0.3) is 0 Å². The monoisotopic (exact) mass is 442 g/mol. The third-order valence-electron chi connectivity index (χ3n) is 6.33. The lowest BCUT2D eigenvalue weighted by Gasteiger charge is -2.37. The van der Waals surface area contributed by atoms with Crippen LogP contribution in [0.5, 0.6) is 0 Å². The number of benzene rings is 1. The lowest BCUT2D eigenvalue weighted by molar-refractivity contribution is 0.148. The van der Waals surface area contributed by atoms with Gasteiger partial charge in [-0.05, 0) is 63.4 Å². The molecule has 0 unspecified atom stereocenters. The summed E-state index contributed by atoms with van der Waals surface area (Å²) in [5.74, 6) is -0.138. The Hall–Kier alpha value is -0.960. The molecule has 0 saturated carbocycles. The van der Waals surface area contributed by atoms with Crippen LogP contribution in [0.2, 0.25) is 0 Å². The van der Waals surface area contributed by atoms with Crippen molar-refractivity contribution in [3.63, 3.8) is 0 Å². The van der Waals surface area contributed by atoms with Crippen molar-refractivity contribution >= 4 is 19.7 Å². The molecule has 2 atom stereocenters. The summed E-state index contributed by atoms with van der Waals surface area (Å²) in [4.78, 5) is 2.59. The van der Waals surface area contributed by atoms with Gasteiger partial charge in [0.1, 0.15) is 0 Å². The molecule has 2 aliphatic rings. The summed E-state index contributed by atoms with van der Waals surface area (Å²) in [6.07, 6.45) is 2.34. The molecule has 0 aliphatic carbocycles. The predicted molar refractivity (Wildman–Crippen MR) is 117 cm³/mol. The minimum Gasteiger partial charge on any atom is -0.310 e. The molecule has 1 N–H and O–H groups in total. The molecule has 2 fully saturated rings. The van der Waals surface area contributed by atoms with Crippen LogP contribution in [0.3, 0.4) is 0 Å². The molecular weight excluding hydrogens is 408 g/mol. The standard InChI is InChI=1S/C21H34N2O4S2/c1-16(2)17-7-9-18(10-8-17)29(26,27)20-14-28(24,25)13-19(20)22-15-21(3,4)23-11-5-6-12-23/h7-10,16,19-20,22H,5-6,11-15H2,1-4H3/t19-,20-/m0/s1. The van der Waals surface area contributed by atoms with E-state index in [1.807, 2.05) is 12.1 Å². The highest BCUT2D eigenvalue weighted by Crippen LogP contribution is 2.28. The molecule has 6 nitrogen and oxygen atoms in total. The first-order chi connectivity index (χ1) is 13.4. The van der Waals surface area contributed by atoms with Gasteiger partial charge in [-0.3, -0.25) is 4.90 Å². The van der Waals surface area contributed by atoms with Gasteiger partial charge in [0.15, 0.2) is 19.7 Å². The summed E-state index contributed by atoms with van der Waals surface area (Å²) in [5.41, 5.74) is 0.917. The second-order valence-corrected chi connectivity index (χ2v) is 13.7. The summed E-state index contributed by atoms with van der Waals surface area (Å²) >= 11 is 0. The van der Waals surface area contributed by atoms with E-state index in [1.165, 1.54) is 12.8 Å². The molecule has 1 aromatic carbocycles. The van der Waals surface area contributed by atoms with Crippen molar-refractivity contribution < 1.29 is 16.8 Å². The van der Waals surface area contributed by atoms with E-state index < -0.39 is 31.0 Å². The molecule has 0 aromatic heterocycles. The van der Waals surface area contributed by atoms with E-state index >= 15 is 0 Å². The van der Waals surface area contributed by atoms with Crippen LogP contribution in [0.1, 0.15) is 52.0 Å². The molecule has 2 aliphatic heterocycles. The summed E-state index contributed by atoms with van der Waals surface area (Å²) < 4.78 is 51.2. The van der Waals surface area contributed by atoms with Crippen LogP contribution in [0, 0.1) is 0 Å². The van der Waals surface area contributed by atoms with E-state index in [9.17, 15) is 16.8 Å². The van der Waals surface area contributed by atoms with Crippen molar-refractivity contribution in [2.24, 2.45) is 0 Å². The smallest absolute Gasteiger partial charge is 0.183 e. The molecule has 29 heavy (non-hydrogen) atoms. The van der Waals surface area contributed by atoms with E-state index in [0.717, 1.165) is 18.7 Å². The van der Waals surface area contributed by atoms with Crippen LogP contribution in [-0.2, 0) is 19.7 Å². The van der Waals surface area contributed by atoms with Gasteiger partial charge in [-0.1, -0.05) is 26.0 Å². The average molecular weight is 443 g/mol. The number of nitrogens with zero attached hydrogens (tertiary/aromatic N) is 1. The van der Waals surface area contributed by atoms with E-state index in [-0.39, 0.29) is 21.9 Å². The summed E-state index contributed by atoms with van der Waals surface area (Å²) in [7, 11) is -7.14. The van der Waals surface area contributed by atoms with Crippen molar-refractivity contribution in [2.45, 2.75) is 68.2 Å². The number of hydrogen-bond acceptors (Lipinski definition) is 6. The largest absolute Gasteiger partial charge is 0.310 e. The normalized spacial score (nSPS) is 25.7. The van der Waals surface area contributed by atoms with Crippen molar-refractivity contribution in [3.05, 3.63) is 29.8 Å². The molecule has 2 saturated heterocycles. The number of likely N-dealkylation sites (tertiary alicyclic amines) is 1. The van der Waals surface area contributed by atoms with Gasteiger partial charge in [0.25, 0.3) is 0 Å². The Morgan fingerprint density at radius 1 is 1.10 bits per heavy atom. The molecule has 164 valence electrons. The molecule has 0 bridgehead atoms. The van der Waals surface area contributed by atoms with E-state index in [2.05, 4.69) is 37.9 Å². The fourth-order valence-corrected chi connectivity index (χ4v) is 9.06. The van der Waals surface area contributed by atoms with Crippen molar-refractivity contribution in [3.8, 4) is 0 Å². The summed E-state index contributed by atoms with van der Waals surface area (Å²) in [6.45, 7) is 11.0. The first-order valence-electron chi connectivity index (χ1n) is 10.5. The fourth-order valence-electron chi connectivity index (χ4n) is 4.34. The zero-order valence-electron chi connectivity index (χ0n) is 17.9. The van der Waals surface area contributed by atoms with Gasteiger partial charge in [0.2, 0.25) is 0 Å². The highest BCUT2D eigenvalue weighted by atomic mass is 32.2. The highest BCUT2D eigenvalue weighted by Gasteiger charge is 2.46. The minimum atomic E-state index is -3.74. The Morgan fingerprint density at radius 2 is 1.69 bits per heavy atom. The van der Waals surface area contributed by atoms with Crippen molar-refractivity contribution in [2.75, 3.05) is 31.1 Å². The number of hydrogen-bond donors (Lipinski definition) is 1. The van der Waals surface area contributed by atoms with Gasteiger partial charge < -0.3 is 5.32 Å². The summed E-state index contributed by atoms with van der Waals surface area (Å²) in [5, 5.41) is 2.36. The van der Waals surface area contributed by atoms with Gasteiger partial charge in [0.05, 0.1) is 21.7 Å². The number of nitrogens with one attached hydrogen (secondary N) is 1. The Kier molecular flexibility index (Phi) is 6.49. The van der Waals surface area contributed by atoms with Crippen molar-refractivity contribution in [1.82, 2.24) is 10.2 Å². The zero-order chi connectivity index (χ0) is 21.4. The Bertz CT molecular complexity index is 916. The second-order valence-electron chi connectivity index (χ2n) is 9.38. The van der Waals surface area contributed by atoms with Crippen LogP contribution in [0.15, 0.2) is 29.2 Å². The van der Waals surface area contributed by atoms with Gasteiger partial charge in [0, 0.05) is 18.1 Å². The molecule has 0 amide bonds. The molecular formula is C21H34N2O4S2. The summed E-state index contributed by atoms with van der Waals surface area (Å²) in [6, 6.07) is 6.28. The SMILES string of the molecule is CC(C)c1ccc(S(=O)(=O)[C@H]2CS(=O)(=O)C[C@@H]2NCC(C)(C)N2CCCC2)cc1. The molecule has 0 spiro atoms. The minimum absolute atomic E-state index is 0.128. The van der Waals surface area contributed by atoms with Gasteiger partial charge >= 0.3 is 0 Å². The van der Waals surface area contributed by atoms with E-state index in [4.69, 9.17) is 0 Å². The van der Waals surface area contributed by atoms with Crippen molar-refractivity contribution in [1.29, 1.82) is 0 Å². The molecule has 0 radical (unpaired) electrons. The maximum absolute atomic E-state index is 13.3. The number of rotatable bonds is 7. The van der Waals surface area contributed by atoms with Crippen LogP contribution < -0.4 is 5.32 Å². The third-order valence-corrected chi connectivity index (χ3v) is 10.5. The van der Waals surface area contributed by atoms with Crippen LogP contribution >= 0.6 is 0 Å². The maximum atomic E-state index is 13.3. The first-order valence-corrected chi connectivity index (χ1v) is 13.8. The predicted octanol–water partition coefficient (Wildman–Crippen LogP) is 2.21. The van der Waals surface area contributed by atoms with E-state index in [1.54, 1.807) is 12.1 Å². The van der Waals surface area contributed by atoms with Crippen LogP contribution in [0.4, 0.5) is 0 Å². The lowest BCUT2D eigenvalue weighted by Crippen LogP contribution is -2.54. The topological polar surface area (TPSA) is 83.5 Å². The van der Waals surface area contributed by atoms with Crippen LogP contribution in [-0.4, -0.2) is 69.7 Å². The fraction of sp³-hybridized carbons (Fsp3) is 0.714. The third kappa shape index (κ3) is 5.03.